The molecule has 1 aromatic carbocycles. The van der Waals surface area contributed by atoms with Crippen molar-refractivity contribution in [2.24, 2.45) is 0 Å². The first-order chi connectivity index (χ1) is 11.8. The molecular weight excluding hydrogens is 348 g/mol. The summed E-state index contributed by atoms with van der Waals surface area (Å²) in [6.07, 6.45) is 0.382. The molecule has 1 saturated heterocycles. The predicted octanol–water partition coefficient (Wildman–Crippen LogP) is 0.126. The van der Waals surface area contributed by atoms with Gasteiger partial charge in [0.1, 0.15) is 11.8 Å². The molecule has 1 heterocycles. The van der Waals surface area contributed by atoms with Crippen LogP contribution < -0.4 is 4.74 Å². The van der Waals surface area contributed by atoms with Gasteiger partial charge in [0.05, 0.1) is 17.1 Å². The Bertz CT molecular complexity index is 799. The molecule has 1 unspecified atom stereocenters. The van der Waals surface area contributed by atoms with E-state index in [0.29, 0.717) is 6.42 Å². The van der Waals surface area contributed by atoms with Crippen molar-refractivity contribution in [3.8, 4) is 11.8 Å². The zero-order chi connectivity index (χ0) is 18.4. The monoisotopic (exact) mass is 366 g/mol. The lowest BCUT2D eigenvalue weighted by Crippen LogP contribution is -2.40. The van der Waals surface area contributed by atoms with Gasteiger partial charge in [0.15, 0.2) is 23.1 Å². The van der Waals surface area contributed by atoms with E-state index in [9.17, 15) is 18.0 Å². The molecule has 134 valence electrons. The van der Waals surface area contributed by atoms with Crippen molar-refractivity contribution in [1.82, 2.24) is 4.90 Å². The molecular formula is C16H18N2O6S. The molecule has 9 heteroatoms. The fourth-order valence-electron chi connectivity index (χ4n) is 2.39. The highest BCUT2D eigenvalue weighted by Crippen LogP contribution is 2.17. The quantitative estimate of drug-likeness (QED) is 0.657. The first kappa shape index (κ1) is 18.7. The molecule has 1 atom stereocenters. The maximum Gasteiger partial charge on any atom is 0.344 e. The molecule has 0 spiro atoms. The molecule has 1 aliphatic heterocycles. The molecule has 25 heavy (non-hydrogen) atoms. The predicted molar refractivity (Wildman–Crippen MR) is 87.4 cm³/mol. The van der Waals surface area contributed by atoms with Crippen molar-refractivity contribution in [2.45, 2.75) is 12.5 Å². The molecule has 0 aliphatic carbocycles. The molecule has 0 aromatic heterocycles. The number of rotatable bonds is 6. The Morgan fingerprint density at radius 3 is 2.68 bits per heavy atom. The zero-order valence-corrected chi connectivity index (χ0v) is 14.5. The first-order valence-corrected chi connectivity index (χ1v) is 9.38. The number of amides is 1. The van der Waals surface area contributed by atoms with Crippen LogP contribution in [0.25, 0.3) is 0 Å². The lowest BCUT2D eigenvalue weighted by molar-refractivity contribution is -0.153. The van der Waals surface area contributed by atoms with Gasteiger partial charge in [0, 0.05) is 13.1 Å². The lowest BCUT2D eigenvalue weighted by atomic mass is 10.2. The Morgan fingerprint density at radius 2 is 2.04 bits per heavy atom. The van der Waals surface area contributed by atoms with Crippen LogP contribution in [0.15, 0.2) is 24.3 Å². The number of para-hydroxylation sites is 1. The molecule has 1 aliphatic rings. The molecule has 0 bridgehead atoms. The van der Waals surface area contributed by atoms with Crippen LogP contribution in [0.1, 0.15) is 12.0 Å². The van der Waals surface area contributed by atoms with Crippen molar-refractivity contribution >= 4 is 21.7 Å². The Hall–Kier alpha value is -2.60. The van der Waals surface area contributed by atoms with Gasteiger partial charge in [-0.25, -0.2) is 13.2 Å². The van der Waals surface area contributed by atoms with Crippen LogP contribution >= 0.6 is 0 Å². The third-order valence-electron chi connectivity index (χ3n) is 3.86. The van der Waals surface area contributed by atoms with E-state index in [1.165, 1.54) is 11.9 Å². The van der Waals surface area contributed by atoms with E-state index in [-0.39, 0.29) is 22.8 Å². The summed E-state index contributed by atoms with van der Waals surface area (Å²) in [5.74, 6) is -0.999. The van der Waals surface area contributed by atoms with Gasteiger partial charge in [-0.05, 0) is 18.6 Å². The SMILES string of the molecule is CN(C(=O)COC(=O)COc1ccccc1C#N)C1CCS(=O)(=O)C1. The lowest BCUT2D eigenvalue weighted by Gasteiger charge is -2.23. The van der Waals surface area contributed by atoms with Crippen molar-refractivity contribution in [1.29, 1.82) is 5.26 Å². The van der Waals surface area contributed by atoms with Gasteiger partial charge in [-0.2, -0.15) is 5.26 Å². The van der Waals surface area contributed by atoms with Gasteiger partial charge in [-0.3, -0.25) is 4.79 Å². The smallest absolute Gasteiger partial charge is 0.344 e. The van der Waals surface area contributed by atoms with Crippen molar-refractivity contribution in [3.05, 3.63) is 29.8 Å². The van der Waals surface area contributed by atoms with E-state index in [0.717, 1.165) is 0 Å². The minimum atomic E-state index is -3.10. The number of likely N-dealkylation sites (N-methyl/N-ethyl adjacent to an activating group) is 1. The second-order valence-corrected chi connectivity index (χ2v) is 7.85. The largest absolute Gasteiger partial charge is 0.481 e. The van der Waals surface area contributed by atoms with Crippen LogP contribution in [0.3, 0.4) is 0 Å². The van der Waals surface area contributed by atoms with Gasteiger partial charge in [-0.1, -0.05) is 12.1 Å². The summed E-state index contributed by atoms with van der Waals surface area (Å²) < 4.78 is 32.9. The molecule has 0 saturated carbocycles. The van der Waals surface area contributed by atoms with E-state index in [4.69, 9.17) is 14.7 Å². The topological polar surface area (TPSA) is 114 Å². The Labute approximate surface area is 145 Å². The number of hydrogen-bond acceptors (Lipinski definition) is 7. The zero-order valence-electron chi connectivity index (χ0n) is 13.7. The van der Waals surface area contributed by atoms with Crippen LogP contribution in [0.2, 0.25) is 0 Å². The number of sulfone groups is 1. The fraction of sp³-hybridized carbons (Fsp3) is 0.438. The number of benzene rings is 1. The van der Waals surface area contributed by atoms with Gasteiger partial charge in [0.2, 0.25) is 0 Å². The van der Waals surface area contributed by atoms with Crippen molar-refractivity contribution in [3.63, 3.8) is 0 Å². The van der Waals surface area contributed by atoms with E-state index in [2.05, 4.69) is 0 Å². The van der Waals surface area contributed by atoms with E-state index in [1.54, 1.807) is 24.3 Å². The van der Waals surface area contributed by atoms with E-state index in [1.807, 2.05) is 6.07 Å². The van der Waals surface area contributed by atoms with Gasteiger partial charge in [0.25, 0.3) is 5.91 Å². The van der Waals surface area contributed by atoms with Gasteiger partial charge in [-0.15, -0.1) is 0 Å². The van der Waals surface area contributed by atoms with Crippen molar-refractivity contribution in [2.75, 3.05) is 31.8 Å². The molecule has 0 radical (unpaired) electrons. The summed E-state index contributed by atoms with van der Waals surface area (Å²) in [6, 6.07) is 7.97. The summed E-state index contributed by atoms with van der Waals surface area (Å²) >= 11 is 0. The summed E-state index contributed by atoms with van der Waals surface area (Å²) in [7, 11) is -1.61. The van der Waals surface area contributed by atoms with Crippen LogP contribution in [0.5, 0.6) is 5.75 Å². The second-order valence-electron chi connectivity index (χ2n) is 5.62. The number of hydrogen-bond donors (Lipinski definition) is 0. The second kappa shape index (κ2) is 7.98. The molecule has 2 rings (SSSR count). The Kier molecular flexibility index (Phi) is 5.98. The highest BCUT2D eigenvalue weighted by Gasteiger charge is 2.32. The number of nitriles is 1. The summed E-state index contributed by atoms with van der Waals surface area (Å²) in [4.78, 5) is 25.0. The average Bonchev–Trinajstić information content (AvgIpc) is 2.97. The number of nitrogens with zero attached hydrogens (tertiary/aromatic N) is 2. The van der Waals surface area contributed by atoms with E-state index < -0.39 is 41.0 Å². The minimum absolute atomic E-state index is 0.0568. The summed E-state index contributed by atoms with van der Waals surface area (Å²) in [6.45, 7) is -0.928. The van der Waals surface area contributed by atoms with Crippen LogP contribution in [-0.2, 0) is 24.2 Å². The number of carbonyl (C=O) groups is 2. The highest BCUT2D eigenvalue weighted by atomic mass is 32.2. The van der Waals surface area contributed by atoms with Gasteiger partial charge >= 0.3 is 5.97 Å². The fourth-order valence-corrected chi connectivity index (χ4v) is 4.17. The molecule has 1 amide bonds. The van der Waals surface area contributed by atoms with Gasteiger partial charge < -0.3 is 14.4 Å². The highest BCUT2D eigenvalue weighted by molar-refractivity contribution is 7.91. The summed E-state index contributed by atoms with van der Waals surface area (Å²) in [5, 5.41) is 8.92. The standard InChI is InChI=1S/C16H18N2O6S/c1-18(13-6-7-25(21,22)11-13)15(19)9-24-16(20)10-23-14-5-3-2-4-12(14)8-17/h2-5,13H,6-7,9-11H2,1H3. The van der Waals surface area contributed by atoms with E-state index >= 15 is 0 Å². The Balaban J connectivity index is 1.78. The molecule has 1 fully saturated rings. The van der Waals surface area contributed by atoms with Crippen molar-refractivity contribution < 1.29 is 27.5 Å². The number of esters is 1. The summed E-state index contributed by atoms with van der Waals surface area (Å²) in [5.41, 5.74) is 0.286. The first-order valence-electron chi connectivity index (χ1n) is 7.56. The average molecular weight is 366 g/mol. The maximum atomic E-state index is 12.0. The normalized spacial score (nSPS) is 18.2. The third kappa shape index (κ3) is 5.19. The number of ether oxygens (including phenoxy) is 2. The molecule has 1 aromatic rings. The van der Waals surface area contributed by atoms with Crippen LogP contribution in [0.4, 0.5) is 0 Å². The Morgan fingerprint density at radius 1 is 1.32 bits per heavy atom. The van der Waals surface area contributed by atoms with Crippen LogP contribution in [-0.4, -0.2) is 63.0 Å². The van der Waals surface area contributed by atoms with Crippen LogP contribution in [0, 0.1) is 11.3 Å². The molecule has 0 N–H and O–H groups in total. The maximum absolute atomic E-state index is 12.0. The molecule has 8 nitrogen and oxygen atoms in total. The number of carbonyl (C=O) groups excluding carboxylic acids is 2. The minimum Gasteiger partial charge on any atom is -0.481 e. The third-order valence-corrected chi connectivity index (χ3v) is 5.61.